The van der Waals surface area contributed by atoms with E-state index < -0.39 is 24.2 Å². The van der Waals surface area contributed by atoms with Gasteiger partial charge in [0.2, 0.25) is 11.8 Å². The molecule has 1 aliphatic carbocycles. The van der Waals surface area contributed by atoms with Crippen LogP contribution >= 0.6 is 22.6 Å². The molecule has 4 N–H and O–H groups in total. The smallest absolute Gasteiger partial charge is 0.247 e. The first-order chi connectivity index (χ1) is 20.7. The van der Waals surface area contributed by atoms with Crippen molar-refractivity contribution in [1.29, 1.82) is 0 Å². The normalized spacial score (nSPS) is 18.0. The predicted octanol–water partition coefficient (Wildman–Crippen LogP) is 3.29. The minimum Gasteiger partial charge on any atom is -0.493 e. The fourth-order valence-corrected chi connectivity index (χ4v) is 5.84. The lowest BCUT2D eigenvalue weighted by Gasteiger charge is -2.41. The van der Waals surface area contributed by atoms with Crippen molar-refractivity contribution in [1.82, 2.24) is 10.2 Å². The minimum atomic E-state index is -1.20. The summed E-state index contributed by atoms with van der Waals surface area (Å²) in [7, 11) is 1.48. The number of carbonyl (C=O) groups is 2. The molecule has 4 rings (SSSR count). The number of aryl methyl sites for hydroxylation is 1. The van der Waals surface area contributed by atoms with Gasteiger partial charge < -0.3 is 35.0 Å². The molecular weight excluding hydrogens is 663 g/mol. The zero-order valence-electron chi connectivity index (χ0n) is 24.2. The standard InChI is InChI=1S/C33H37IN2O7/c1-21-8-10-23(11-9-21)19-36(30(39)16-22-6-4-3-5-7-22)27-17-25(33(41)35-12-13-37)18-28(31(27)40)43-32-26(34)14-24(20-38)15-29(32)42-2/h3-11,14-15,18,27-28,31,37-38,40H,12-13,16-17,19-20H2,1-2H3,(H,35,41)/t27-,28+,31+/m1/s1. The van der Waals surface area contributed by atoms with Crippen molar-refractivity contribution < 1.29 is 34.4 Å². The van der Waals surface area contributed by atoms with Crippen LogP contribution in [-0.2, 0) is 29.2 Å². The van der Waals surface area contributed by atoms with Gasteiger partial charge in [0.05, 0.1) is 36.4 Å². The molecule has 0 fully saturated rings. The average Bonchev–Trinajstić information content (AvgIpc) is 3.01. The lowest BCUT2D eigenvalue weighted by molar-refractivity contribution is -0.138. The van der Waals surface area contributed by atoms with Crippen LogP contribution in [0.25, 0.3) is 0 Å². The lowest BCUT2D eigenvalue weighted by Crippen LogP contribution is -2.55. The second-order valence-electron chi connectivity index (χ2n) is 10.5. The summed E-state index contributed by atoms with van der Waals surface area (Å²) >= 11 is 2.07. The third-order valence-corrected chi connectivity index (χ3v) is 8.13. The third kappa shape index (κ3) is 8.35. The molecule has 0 aromatic heterocycles. The Labute approximate surface area is 265 Å². The van der Waals surface area contributed by atoms with E-state index >= 15 is 0 Å². The number of benzene rings is 3. The maximum Gasteiger partial charge on any atom is 0.247 e. The summed E-state index contributed by atoms with van der Waals surface area (Å²) in [5, 5.41) is 33.4. The Kier molecular flexibility index (Phi) is 11.6. The Morgan fingerprint density at radius 2 is 1.74 bits per heavy atom. The molecular formula is C33H37IN2O7. The first-order valence-corrected chi connectivity index (χ1v) is 15.1. The van der Waals surface area contributed by atoms with Gasteiger partial charge in [0.15, 0.2) is 11.5 Å². The number of methoxy groups -OCH3 is 1. The molecule has 1 aliphatic rings. The predicted molar refractivity (Wildman–Crippen MR) is 171 cm³/mol. The van der Waals surface area contributed by atoms with Crippen LogP contribution < -0.4 is 14.8 Å². The fourth-order valence-electron chi connectivity index (χ4n) is 5.05. The Balaban J connectivity index is 1.73. The largest absolute Gasteiger partial charge is 0.493 e. The number of hydrogen-bond acceptors (Lipinski definition) is 7. The van der Waals surface area contributed by atoms with Crippen molar-refractivity contribution in [3.63, 3.8) is 0 Å². The molecule has 43 heavy (non-hydrogen) atoms. The SMILES string of the molecule is COc1cc(CO)cc(I)c1O[C@H]1C=C(C(=O)NCCO)C[C@@H](N(Cc2ccc(C)cc2)C(=O)Cc2ccccc2)[C@@H]1O. The number of halogens is 1. The van der Waals surface area contributed by atoms with Crippen molar-refractivity contribution in [2.45, 2.75) is 51.2 Å². The fraction of sp³-hybridized carbons (Fsp3) is 0.333. The van der Waals surface area contributed by atoms with Gasteiger partial charge in [-0.2, -0.15) is 0 Å². The number of rotatable bonds is 12. The molecule has 3 aromatic carbocycles. The van der Waals surface area contributed by atoms with Crippen LogP contribution in [0.3, 0.4) is 0 Å². The van der Waals surface area contributed by atoms with Gasteiger partial charge in [-0.05, 0) is 64.4 Å². The first kappa shape index (κ1) is 32.5. The number of hydrogen-bond donors (Lipinski definition) is 4. The monoisotopic (exact) mass is 700 g/mol. The Bertz CT molecular complexity index is 1430. The molecule has 10 heteroatoms. The van der Waals surface area contributed by atoms with Crippen LogP contribution in [0.1, 0.15) is 28.7 Å². The number of nitrogens with zero attached hydrogens (tertiary/aromatic N) is 1. The molecule has 3 aromatic rings. The van der Waals surface area contributed by atoms with Gasteiger partial charge in [-0.15, -0.1) is 0 Å². The maximum absolute atomic E-state index is 13.9. The van der Waals surface area contributed by atoms with E-state index in [-0.39, 0.29) is 45.1 Å². The Hall–Kier alpha value is -3.45. The van der Waals surface area contributed by atoms with Crippen molar-refractivity contribution in [2.24, 2.45) is 0 Å². The molecule has 0 heterocycles. The number of amides is 2. The minimum absolute atomic E-state index is 0.0588. The molecule has 228 valence electrons. The molecule has 3 atom stereocenters. The van der Waals surface area contributed by atoms with Crippen LogP contribution in [0, 0.1) is 10.5 Å². The number of ether oxygens (including phenoxy) is 2. The summed E-state index contributed by atoms with van der Waals surface area (Å²) in [5.74, 6) is 0.0902. The van der Waals surface area contributed by atoms with Gasteiger partial charge in [0.25, 0.3) is 0 Å². The second kappa shape index (κ2) is 15.3. The van der Waals surface area contributed by atoms with E-state index in [1.807, 2.05) is 61.5 Å². The summed E-state index contributed by atoms with van der Waals surface area (Å²) in [4.78, 5) is 28.7. The van der Waals surface area contributed by atoms with Gasteiger partial charge >= 0.3 is 0 Å². The molecule has 0 saturated heterocycles. The zero-order valence-corrected chi connectivity index (χ0v) is 26.4. The van der Waals surface area contributed by atoms with Gasteiger partial charge in [0, 0.05) is 25.1 Å². The summed E-state index contributed by atoms with van der Waals surface area (Å²) in [6.45, 7) is 1.85. The second-order valence-corrected chi connectivity index (χ2v) is 11.6. The zero-order chi connectivity index (χ0) is 30.9. The van der Waals surface area contributed by atoms with Gasteiger partial charge in [0.1, 0.15) is 12.2 Å². The number of aliphatic hydroxyl groups excluding tert-OH is 3. The lowest BCUT2D eigenvalue weighted by atomic mass is 9.87. The van der Waals surface area contributed by atoms with Crippen molar-refractivity contribution in [3.05, 3.63) is 104 Å². The highest BCUT2D eigenvalue weighted by Crippen LogP contribution is 2.37. The molecule has 0 unspecified atom stereocenters. The molecule has 0 radical (unpaired) electrons. The van der Waals surface area contributed by atoms with Crippen LogP contribution in [0.15, 0.2) is 78.4 Å². The third-order valence-electron chi connectivity index (χ3n) is 7.33. The number of nitrogens with one attached hydrogen (secondary N) is 1. The summed E-state index contributed by atoms with van der Waals surface area (Å²) in [6.07, 6.45) is -0.443. The van der Waals surface area contributed by atoms with Crippen molar-refractivity contribution in [2.75, 3.05) is 20.3 Å². The average molecular weight is 701 g/mol. The van der Waals surface area contributed by atoms with E-state index in [4.69, 9.17) is 9.47 Å². The van der Waals surface area contributed by atoms with Gasteiger partial charge in [-0.25, -0.2) is 0 Å². The van der Waals surface area contributed by atoms with E-state index in [9.17, 15) is 24.9 Å². The van der Waals surface area contributed by atoms with Crippen LogP contribution in [-0.4, -0.2) is 70.5 Å². The van der Waals surface area contributed by atoms with E-state index in [2.05, 4.69) is 27.9 Å². The molecule has 0 spiro atoms. The molecule has 0 aliphatic heterocycles. The highest BCUT2D eigenvalue weighted by molar-refractivity contribution is 14.1. The quantitative estimate of drug-likeness (QED) is 0.214. The van der Waals surface area contributed by atoms with Gasteiger partial charge in [-0.1, -0.05) is 60.2 Å². The van der Waals surface area contributed by atoms with Crippen molar-refractivity contribution in [3.8, 4) is 11.5 Å². The van der Waals surface area contributed by atoms with E-state index in [0.29, 0.717) is 26.2 Å². The van der Waals surface area contributed by atoms with Crippen LogP contribution in [0.5, 0.6) is 11.5 Å². The summed E-state index contributed by atoms with van der Waals surface area (Å²) in [5.41, 5.74) is 3.76. The molecule has 0 bridgehead atoms. The highest BCUT2D eigenvalue weighted by atomic mass is 127. The van der Waals surface area contributed by atoms with Crippen LogP contribution in [0.4, 0.5) is 0 Å². The van der Waals surface area contributed by atoms with E-state index in [1.165, 1.54) is 7.11 Å². The van der Waals surface area contributed by atoms with E-state index in [1.54, 1.807) is 23.1 Å². The first-order valence-electron chi connectivity index (χ1n) is 14.0. The van der Waals surface area contributed by atoms with Crippen molar-refractivity contribution >= 4 is 34.4 Å². The Morgan fingerprint density at radius 1 is 1.02 bits per heavy atom. The molecule has 9 nitrogen and oxygen atoms in total. The molecule has 0 saturated carbocycles. The maximum atomic E-state index is 13.9. The molecule has 2 amide bonds. The highest BCUT2D eigenvalue weighted by Gasteiger charge is 2.41. The number of aliphatic hydroxyl groups is 3. The van der Waals surface area contributed by atoms with Crippen LogP contribution in [0.2, 0.25) is 0 Å². The summed E-state index contributed by atoms with van der Waals surface area (Å²) in [6, 6.07) is 19.8. The Morgan fingerprint density at radius 3 is 2.40 bits per heavy atom. The van der Waals surface area contributed by atoms with E-state index in [0.717, 1.165) is 16.7 Å². The topological polar surface area (TPSA) is 129 Å². The van der Waals surface area contributed by atoms with Gasteiger partial charge in [-0.3, -0.25) is 9.59 Å². The summed E-state index contributed by atoms with van der Waals surface area (Å²) < 4.78 is 12.5. The number of carbonyl (C=O) groups excluding carboxylic acids is 2.